The summed E-state index contributed by atoms with van der Waals surface area (Å²) in [5.74, 6) is -0.536. The summed E-state index contributed by atoms with van der Waals surface area (Å²) >= 11 is 0. The minimum absolute atomic E-state index is 0.0662. The average Bonchev–Trinajstić information content (AvgIpc) is 2.50. The van der Waals surface area contributed by atoms with E-state index in [0.717, 1.165) is 0 Å². The molecule has 0 radical (unpaired) electrons. The van der Waals surface area contributed by atoms with Crippen LogP contribution >= 0.6 is 0 Å². The van der Waals surface area contributed by atoms with Crippen LogP contribution in [0.15, 0.2) is 30.5 Å². The molecule has 1 amide bonds. The van der Waals surface area contributed by atoms with Gasteiger partial charge in [0.2, 0.25) is 5.91 Å². The third kappa shape index (κ3) is 5.65. The molecular formula is C17H23NO5. The zero-order chi connectivity index (χ0) is 17.4. The molecule has 0 aromatic heterocycles. The fourth-order valence-electron chi connectivity index (χ4n) is 1.98. The zero-order valence-corrected chi connectivity index (χ0v) is 13.8. The smallest absolute Gasteiger partial charge is 0.326 e. The van der Waals surface area contributed by atoms with Crippen LogP contribution < -0.4 is 14.8 Å². The molecule has 23 heavy (non-hydrogen) atoms. The molecule has 0 saturated heterocycles. The summed E-state index contributed by atoms with van der Waals surface area (Å²) in [7, 11) is 1.51. The molecule has 0 fully saturated rings. The van der Waals surface area contributed by atoms with Crippen molar-refractivity contribution in [1.29, 1.82) is 0 Å². The number of nitrogens with one attached hydrogen (secondary N) is 1. The van der Waals surface area contributed by atoms with Gasteiger partial charge < -0.3 is 19.9 Å². The van der Waals surface area contributed by atoms with Crippen LogP contribution in [-0.2, 0) is 16.0 Å². The monoisotopic (exact) mass is 321 g/mol. The van der Waals surface area contributed by atoms with Crippen molar-refractivity contribution >= 4 is 11.9 Å². The van der Waals surface area contributed by atoms with E-state index in [1.165, 1.54) is 13.4 Å². The summed E-state index contributed by atoms with van der Waals surface area (Å²) in [4.78, 5) is 23.1. The van der Waals surface area contributed by atoms with Gasteiger partial charge in [0.25, 0.3) is 0 Å². The summed E-state index contributed by atoms with van der Waals surface area (Å²) in [6, 6.07) is 4.25. The summed E-state index contributed by atoms with van der Waals surface area (Å²) in [6.07, 6.45) is 3.35. The zero-order valence-electron chi connectivity index (χ0n) is 13.8. The molecule has 0 aliphatic carbocycles. The number of benzene rings is 1. The number of hydrogen-bond donors (Lipinski definition) is 2. The molecule has 126 valence electrons. The predicted octanol–water partition coefficient (Wildman–Crippen LogP) is 2.38. The first kappa shape index (κ1) is 18.5. The standard InChI is InChI=1S/C17H23NO5/c1-5-8-23-13-7-6-12(9-14(13)22-4)10-15(19)18-16(11(2)3)17(20)21/h5-9,11,16H,10H2,1-4H3,(H,18,19)(H,20,21). The SMILES string of the molecule is CC=COc1ccc(CC(=O)NC(C(=O)O)C(C)C)cc1OC. The number of carbonyl (C=O) groups excluding carboxylic acids is 1. The Morgan fingerprint density at radius 1 is 1.30 bits per heavy atom. The van der Waals surface area contributed by atoms with Gasteiger partial charge in [-0.25, -0.2) is 4.79 Å². The lowest BCUT2D eigenvalue weighted by atomic mass is 10.0. The minimum Gasteiger partial charge on any atom is -0.493 e. The Labute approximate surface area is 136 Å². The molecule has 1 aromatic carbocycles. The Kier molecular flexibility index (Phi) is 7.12. The molecule has 1 aromatic rings. The van der Waals surface area contributed by atoms with Crippen molar-refractivity contribution < 1.29 is 24.2 Å². The second-order valence-electron chi connectivity index (χ2n) is 5.38. The molecular weight excluding hydrogens is 298 g/mol. The molecule has 0 spiro atoms. The van der Waals surface area contributed by atoms with Crippen LogP contribution in [0.5, 0.6) is 11.5 Å². The Hall–Kier alpha value is -2.50. The van der Waals surface area contributed by atoms with Crippen LogP contribution in [0, 0.1) is 5.92 Å². The Morgan fingerprint density at radius 2 is 2.00 bits per heavy atom. The number of aliphatic carboxylic acids is 1. The van der Waals surface area contributed by atoms with Gasteiger partial charge in [-0.05, 0) is 30.5 Å². The van der Waals surface area contributed by atoms with Crippen molar-refractivity contribution in [2.24, 2.45) is 5.92 Å². The highest BCUT2D eigenvalue weighted by Gasteiger charge is 2.23. The number of carboxylic acids is 1. The molecule has 2 N–H and O–H groups in total. The summed E-state index contributed by atoms with van der Waals surface area (Å²) in [5, 5.41) is 11.6. The maximum Gasteiger partial charge on any atom is 0.326 e. The molecule has 1 rings (SSSR count). The number of allylic oxidation sites excluding steroid dienone is 1. The fourth-order valence-corrected chi connectivity index (χ4v) is 1.98. The fraction of sp³-hybridized carbons (Fsp3) is 0.412. The highest BCUT2D eigenvalue weighted by atomic mass is 16.5. The lowest BCUT2D eigenvalue weighted by molar-refractivity contribution is -0.143. The maximum absolute atomic E-state index is 12.0. The van der Waals surface area contributed by atoms with Crippen molar-refractivity contribution in [3.05, 3.63) is 36.1 Å². The van der Waals surface area contributed by atoms with Crippen molar-refractivity contribution in [2.75, 3.05) is 7.11 Å². The van der Waals surface area contributed by atoms with Crippen LogP contribution in [0.25, 0.3) is 0 Å². The van der Waals surface area contributed by atoms with Crippen LogP contribution in [0.3, 0.4) is 0 Å². The number of amides is 1. The third-order valence-electron chi connectivity index (χ3n) is 3.17. The van der Waals surface area contributed by atoms with Gasteiger partial charge in [0.15, 0.2) is 11.5 Å². The largest absolute Gasteiger partial charge is 0.493 e. The van der Waals surface area contributed by atoms with E-state index in [9.17, 15) is 9.59 Å². The number of carbonyl (C=O) groups is 2. The summed E-state index contributed by atoms with van der Waals surface area (Å²) in [6.45, 7) is 5.32. The molecule has 0 heterocycles. The Balaban J connectivity index is 2.80. The summed E-state index contributed by atoms with van der Waals surface area (Å²) < 4.78 is 10.6. The number of hydrogen-bond acceptors (Lipinski definition) is 4. The second-order valence-corrected chi connectivity index (χ2v) is 5.38. The molecule has 0 aliphatic rings. The maximum atomic E-state index is 12.0. The first-order valence-electron chi connectivity index (χ1n) is 7.36. The first-order valence-corrected chi connectivity index (χ1v) is 7.36. The van der Waals surface area contributed by atoms with E-state index >= 15 is 0 Å². The van der Waals surface area contributed by atoms with E-state index in [1.54, 1.807) is 38.1 Å². The van der Waals surface area contributed by atoms with Gasteiger partial charge in [0.05, 0.1) is 19.8 Å². The van der Waals surface area contributed by atoms with Gasteiger partial charge in [0, 0.05) is 0 Å². The van der Waals surface area contributed by atoms with Crippen LogP contribution in [0.2, 0.25) is 0 Å². The molecule has 1 unspecified atom stereocenters. The molecule has 1 atom stereocenters. The Bertz CT molecular complexity index is 580. The predicted molar refractivity (Wildman–Crippen MR) is 86.5 cm³/mol. The van der Waals surface area contributed by atoms with E-state index in [4.69, 9.17) is 14.6 Å². The van der Waals surface area contributed by atoms with Gasteiger partial charge in [-0.15, -0.1) is 0 Å². The Morgan fingerprint density at radius 3 is 2.52 bits per heavy atom. The number of methoxy groups -OCH3 is 1. The number of carboxylic acid groups (broad SMARTS) is 1. The van der Waals surface area contributed by atoms with Crippen LogP contribution in [-0.4, -0.2) is 30.1 Å². The molecule has 0 saturated carbocycles. The quantitative estimate of drug-likeness (QED) is 0.718. The number of ether oxygens (including phenoxy) is 2. The van der Waals surface area contributed by atoms with Crippen molar-refractivity contribution in [3.8, 4) is 11.5 Å². The van der Waals surface area contributed by atoms with Gasteiger partial charge in [0.1, 0.15) is 6.04 Å². The molecule has 6 heteroatoms. The van der Waals surface area contributed by atoms with Gasteiger partial charge >= 0.3 is 5.97 Å². The average molecular weight is 321 g/mol. The first-order chi connectivity index (χ1) is 10.9. The number of rotatable bonds is 8. The van der Waals surface area contributed by atoms with E-state index < -0.39 is 12.0 Å². The van der Waals surface area contributed by atoms with Gasteiger partial charge in [-0.2, -0.15) is 0 Å². The lowest BCUT2D eigenvalue weighted by Crippen LogP contribution is -2.44. The van der Waals surface area contributed by atoms with E-state index in [1.807, 2.05) is 6.92 Å². The molecule has 0 aliphatic heterocycles. The third-order valence-corrected chi connectivity index (χ3v) is 3.17. The van der Waals surface area contributed by atoms with Crippen LogP contribution in [0.1, 0.15) is 26.3 Å². The lowest BCUT2D eigenvalue weighted by Gasteiger charge is -2.18. The minimum atomic E-state index is -1.04. The summed E-state index contributed by atoms with van der Waals surface area (Å²) in [5.41, 5.74) is 0.708. The van der Waals surface area contributed by atoms with Crippen molar-refractivity contribution in [3.63, 3.8) is 0 Å². The van der Waals surface area contributed by atoms with Crippen molar-refractivity contribution in [2.45, 2.75) is 33.2 Å². The van der Waals surface area contributed by atoms with Crippen molar-refractivity contribution in [1.82, 2.24) is 5.32 Å². The second kappa shape index (κ2) is 8.82. The van der Waals surface area contributed by atoms with E-state index in [0.29, 0.717) is 17.1 Å². The topological polar surface area (TPSA) is 84.9 Å². The normalized spacial score (nSPS) is 12.2. The molecule has 6 nitrogen and oxygen atoms in total. The van der Waals surface area contributed by atoms with E-state index in [-0.39, 0.29) is 18.2 Å². The highest BCUT2D eigenvalue weighted by Crippen LogP contribution is 2.28. The van der Waals surface area contributed by atoms with Gasteiger partial charge in [-0.3, -0.25) is 4.79 Å². The van der Waals surface area contributed by atoms with Crippen LogP contribution in [0.4, 0.5) is 0 Å². The van der Waals surface area contributed by atoms with Gasteiger partial charge in [-0.1, -0.05) is 26.0 Å². The van der Waals surface area contributed by atoms with E-state index in [2.05, 4.69) is 5.32 Å². The highest BCUT2D eigenvalue weighted by molar-refractivity contribution is 5.85. The molecule has 0 bridgehead atoms.